The number of nitrogens with zero attached hydrogens (tertiary/aromatic N) is 6. The van der Waals surface area contributed by atoms with Crippen molar-refractivity contribution in [3.63, 3.8) is 0 Å². The highest BCUT2D eigenvalue weighted by Gasteiger charge is 2.06. The Morgan fingerprint density at radius 2 is 1.96 bits per heavy atom. The third-order valence-electron chi connectivity index (χ3n) is 3.38. The van der Waals surface area contributed by atoms with Crippen molar-refractivity contribution in [2.24, 2.45) is 5.10 Å². The van der Waals surface area contributed by atoms with Gasteiger partial charge in [0.15, 0.2) is 11.6 Å². The molecule has 0 fully saturated rings. The van der Waals surface area contributed by atoms with Crippen LogP contribution < -0.4 is 5.43 Å². The molecule has 3 aromatic rings. The molecule has 9 nitrogen and oxygen atoms in total. The first-order valence-electron chi connectivity index (χ1n) is 7.42. The van der Waals surface area contributed by atoms with Gasteiger partial charge in [-0.3, -0.25) is 15.5 Å². The molecule has 1 N–H and O–H groups in total. The molecule has 126 valence electrons. The summed E-state index contributed by atoms with van der Waals surface area (Å²) in [5.74, 6) is 1.14. The zero-order valence-electron chi connectivity index (χ0n) is 13.6. The molecule has 0 bridgehead atoms. The summed E-state index contributed by atoms with van der Waals surface area (Å²) in [7, 11) is 0. The number of hydrogen-bond acceptors (Lipinski definition) is 7. The molecule has 0 saturated carbocycles. The Bertz CT molecular complexity index is 932. The molecular weight excluding hydrogens is 322 g/mol. The van der Waals surface area contributed by atoms with Gasteiger partial charge in [-0.2, -0.15) is 10.2 Å². The molecule has 0 aliphatic rings. The van der Waals surface area contributed by atoms with Crippen molar-refractivity contribution in [3.05, 3.63) is 69.8 Å². The van der Waals surface area contributed by atoms with E-state index in [1.165, 1.54) is 18.5 Å². The minimum absolute atomic E-state index is 0.0374. The number of non-ortho nitro benzene ring substituents is 1. The van der Waals surface area contributed by atoms with Gasteiger partial charge in [-0.15, -0.1) is 0 Å². The summed E-state index contributed by atoms with van der Waals surface area (Å²) >= 11 is 0. The van der Waals surface area contributed by atoms with Crippen molar-refractivity contribution in [2.45, 2.75) is 13.8 Å². The first-order valence-corrected chi connectivity index (χ1v) is 7.42. The molecule has 1 aromatic carbocycles. The van der Waals surface area contributed by atoms with Crippen LogP contribution in [0.5, 0.6) is 0 Å². The molecule has 9 heteroatoms. The average molecular weight is 337 g/mol. The second-order valence-electron chi connectivity index (χ2n) is 5.32. The van der Waals surface area contributed by atoms with E-state index < -0.39 is 4.92 Å². The van der Waals surface area contributed by atoms with Crippen LogP contribution in [0.25, 0.3) is 5.82 Å². The van der Waals surface area contributed by atoms with E-state index in [2.05, 4.69) is 25.6 Å². The molecule has 0 radical (unpaired) electrons. The van der Waals surface area contributed by atoms with Crippen molar-refractivity contribution >= 4 is 17.7 Å². The maximum absolute atomic E-state index is 10.6. The Kier molecular flexibility index (Phi) is 4.46. The molecular formula is C16H15N7O2. The second-order valence-corrected chi connectivity index (χ2v) is 5.32. The van der Waals surface area contributed by atoms with E-state index in [-0.39, 0.29) is 5.69 Å². The number of rotatable bonds is 5. The monoisotopic (exact) mass is 337 g/mol. The lowest BCUT2D eigenvalue weighted by Crippen LogP contribution is -2.04. The van der Waals surface area contributed by atoms with Crippen molar-refractivity contribution in [3.8, 4) is 5.82 Å². The molecule has 2 aromatic heterocycles. The molecule has 2 heterocycles. The average Bonchev–Trinajstić information content (AvgIpc) is 2.94. The number of benzene rings is 1. The Balaban J connectivity index is 1.72. The third kappa shape index (κ3) is 3.83. The van der Waals surface area contributed by atoms with Crippen molar-refractivity contribution in [1.29, 1.82) is 0 Å². The number of aromatic nitrogens is 4. The molecule has 0 unspecified atom stereocenters. The molecule has 3 rings (SSSR count). The molecule has 0 aliphatic carbocycles. The van der Waals surface area contributed by atoms with Crippen molar-refractivity contribution < 1.29 is 4.92 Å². The zero-order valence-corrected chi connectivity index (χ0v) is 13.6. The van der Waals surface area contributed by atoms with Crippen LogP contribution in [0.15, 0.2) is 47.8 Å². The number of nitro groups is 1. The van der Waals surface area contributed by atoms with Gasteiger partial charge in [0, 0.05) is 23.9 Å². The highest BCUT2D eigenvalue weighted by atomic mass is 16.6. The first kappa shape index (κ1) is 16.2. The number of nitrogens with one attached hydrogen (secondary N) is 1. The topological polar surface area (TPSA) is 111 Å². The van der Waals surface area contributed by atoms with Gasteiger partial charge in [-0.05, 0) is 37.6 Å². The first-order chi connectivity index (χ1) is 12.0. The summed E-state index contributed by atoms with van der Waals surface area (Å²) in [4.78, 5) is 18.5. The van der Waals surface area contributed by atoms with E-state index >= 15 is 0 Å². The SMILES string of the molecule is Cc1cc(C)n(-c2cc(NN=Cc3ccc([N+](=O)[O-])cc3)ncn2)n1. The van der Waals surface area contributed by atoms with Gasteiger partial charge in [0.25, 0.3) is 5.69 Å². The fraction of sp³-hybridized carbons (Fsp3) is 0.125. The molecule has 0 spiro atoms. The van der Waals surface area contributed by atoms with Gasteiger partial charge in [0.05, 0.1) is 16.8 Å². The Morgan fingerprint density at radius 1 is 1.20 bits per heavy atom. The predicted octanol–water partition coefficient (Wildman–Crippen LogP) is 2.63. The van der Waals surface area contributed by atoms with E-state index in [4.69, 9.17) is 0 Å². The number of nitro benzene ring substituents is 1. The van der Waals surface area contributed by atoms with Crippen LogP contribution >= 0.6 is 0 Å². The molecule has 0 saturated heterocycles. The maximum atomic E-state index is 10.6. The second kappa shape index (κ2) is 6.87. The largest absolute Gasteiger partial charge is 0.269 e. The van der Waals surface area contributed by atoms with Crippen LogP contribution in [0.2, 0.25) is 0 Å². The summed E-state index contributed by atoms with van der Waals surface area (Å²) in [6.07, 6.45) is 2.98. The molecule has 0 atom stereocenters. The van der Waals surface area contributed by atoms with E-state index in [9.17, 15) is 10.1 Å². The van der Waals surface area contributed by atoms with Crippen LogP contribution in [0.1, 0.15) is 17.0 Å². The van der Waals surface area contributed by atoms with Crippen molar-refractivity contribution in [2.75, 3.05) is 5.43 Å². The normalized spacial score (nSPS) is 11.0. The molecule has 25 heavy (non-hydrogen) atoms. The highest BCUT2D eigenvalue weighted by Crippen LogP contribution is 2.13. The zero-order chi connectivity index (χ0) is 17.8. The van der Waals surface area contributed by atoms with E-state index in [1.54, 1.807) is 29.1 Å². The third-order valence-corrected chi connectivity index (χ3v) is 3.38. The van der Waals surface area contributed by atoms with Crippen LogP contribution in [-0.4, -0.2) is 30.9 Å². The Hall–Kier alpha value is -3.62. The van der Waals surface area contributed by atoms with E-state index in [1.807, 2.05) is 19.9 Å². The lowest BCUT2D eigenvalue weighted by atomic mass is 10.2. The smallest absolute Gasteiger partial charge is 0.261 e. The van der Waals surface area contributed by atoms with Gasteiger partial charge in [0.2, 0.25) is 0 Å². The minimum atomic E-state index is -0.444. The summed E-state index contributed by atoms with van der Waals surface area (Å²) in [5.41, 5.74) is 5.45. The minimum Gasteiger partial charge on any atom is -0.261 e. The number of hydrazone groups is 1. The van der Waals surface area contributed by atoms with Gasteiger partial charge < -0.3 is 0 Å². The predicted molar refractivity (Wildman–Crippen MR) is 92.9 cm³/mol. The maximum Gasteiger partial charge on any atom is 0.269 e. The van der Waals surface area contributed by atoms with Crippen LogP contribution in [0.3, 0.4) is 0 Å². The van der Waals surface area contributed by atoms with Gasteiger partial charge in [-0.1, -0.05) is 0 Å². The Labute approximate surface area is 143 Å². The van der Waals surface area contributed by atoms with Gasteiger partial charge >= 0.3 is 0 Å². The highest BCUT2D eigenvalue weighted by molar-refractivity contribution is 5.80. The standard InChI is InChI=1S/C16H15N7O2/c1-11-7-12(2)22(21-11)16-8-15(17-10-18-16)20-19-9-13-3-5-14(6-4-13)23(24)25/h3-10H,1-2H3,(H,17,18,20). The van der Waals surface area contributed by atoms with Crippen LogP contribution in [0, 0.1) is 24.0 Å². The summed E-state index contributed by atoms with van der Waals surface area (Å²) in [5, 5.41) is 19.1. The van der Waals surface area contributed by atoms with Crippen molar-refractivity contribution in [1.82, 2.24) is 19.7 Å². The number of aryl methyl sites for hydroxylation is 2. The fourth-order valence-electron chi connectivity index (χ4n) is 2.24. The van der Waals surface area contributed by atoms with Crippen LogP contribution in [0.4, 0.5) is 11.5 Å². The summed E-state index contributed by atoms with van der Waals surface area (Å²) in [6.45, 7) is 3.86. The van der Waals surface area contributed by atoms with Gasteiger partial charge in [0.1, 0.15) is 6.33 Å². The fourth-order valence-corrected chi connectivity index (χ4v) is 2.24. The van der Waals surface area contributed by atoms with Gasteiger partial charge in [-0.25, -0.2) is 14.6 Å². The lowest BCUT2D eigenvalue weighted by molar-refractivity contribution is -0.384. The lowest BCUT2D eigenvalue weighted by Gasteiger charge is -2.04. The van der Waals surface area contributed by atoms with E-state index in [0.29, 0.717) is 11.6 Å². The molecule has 0 aliphatic heterocycles. The number of hydrogen-bond donors (Lipinski definition) is 1. The van der Waals surface area contributed by atoms with E-state index in [0.717, 1.165) is 17.0 Å². The summed E-state index contributed by atoms with van der Waals surface area (Å²) in [6, 6.07) is 9.77. The van der Waals surface area contributed by atoms with Crippen LogP contribution in [-0.2, 0) is 0 Å². The molecule has 0 amide bonds. The summed E-state index contributed by atoms with van der Waals surface area (Å²) < 4.78 is 1.72. The quantitative estimate of drug-likeness (QED) is 0.435. The Morgan fingerprint density at radius 3 is 2.60 bits per heavy atom. The number of anilines is 1.